The average Bonchev–Trinajstić information content (AvgIpc) is 3.56. The zero-order chi connectivity index (χ0) is 37.7. The third-order valence-electron chi connectivity index (χ3n) is 9.66. The number of aromatic nitrogens is 2. The summed E-state index contributed by atoms with van der Waals surface area (Å²) in [5.41, 5.74) is 5.16. The lowest BCUT2D eigenvalue weighted by molar-refractivity contribution is -0.137. The van der Waals surface area contributed by atoms with Crippen LogP contribution in [0.4, 0.5) is 19.0 Å². The number of carbonyl (C=O) groups is 1. The van der Waals surface area contributed by atoms with Crippen LogP contribution in [0.2, 0.25) is 5.02 Å². The number of alkyl halides is 3. The first-order valence-corrected chi connectivity index (χ1v) is 18.1. The highest BCUT2D eigenvalue weighted by molar-refractivity contribution is 6.35. The van der Waals surface area contributed by atoms with E-state index in [1.54, 1.807) is 20.2 Å². The maximum atomic E-state index is 14.4. The number of halogens is 4. The van der Waals surface area contributed by atoms with E-state index in [1.807, 2.05) is 42.5 Å². The van der Waals surface area contributed by atoms with E-state index in [2.05, 4.69) is 31.2 Å². The molecule has 14 heteroatoms. The normalized spacial score (nSPS) is 17.6. The van der Waals surface area contributed by atoms with Gasteiger partial charge in [0.25, 0.3) is 0 Å². The summed E-state index contributed by atoms with van der Waals surface area (Å²) in [7, 11) is 2.98. The number of nitrogens with zero attached hydrogens (tertiary/aromatic N) is 2. The SMILES string of the molecule is COc1cc(-c2nccc(-c3cccc4c3CCC[C@H]4Nc3nc(OC)c(CNCC(C)O)cc3C(F)(F)F)c2Cl)ccc1CNC[C@@H]1CCC(=O)N1. The molecule has 1 aliphatic heterocycles. The van der Waals surface area contributed by atoms with E-state index in [1.165, 1.54) is 7.11 Å². The standard InChI is InChI=1S/C39H44ClF3N6O4/c1-22(50)18-44-20-25-16-31(39(41,42)43)37(49-38(25)53-3)48-32-9-5-7-27-28(6-4-8-29(27)32)30-14-15-46-36(35(30)40)23-10-11-24(33(17-23)52-2)19-45-21-26-12-13-34(51)47-26/h4,6,8,10-11,14-17,22,26,32,44-45,50H,5,7,9,12-13,18-21H2,1-3H3,(H,47,51)(H,48,49)/t22?,26-,32+/m0/s1. The van der Waals surface area contributed by atoms with Crippen molar-refractivity contribution in [3.8, 4) is 34.0 Å². The Hall–Kier alpha value is -4.43. The lowest BCUT2D eigenvalue weighted by Crippen LogP contribution is -2.35. The lowest BCUT2D eigenvalue weighted by Gasteiger charge is -2.30. The minimum absolute atomic E-state index is 0.0468. The van der Waals surface area contributed by atoms with Crippen LogP contribution in [0.15, 0.2) is 54.7 Å². The van der Waals surface area contributed by atoms with Crippen LogP contribution in [0.5, 0.6) is 11.6 Å². The van der Waals surface area contributed by atoms with Crippen molar-refractivity contribution < 1.29 is 32.5 Å². The second kappa shape index (κ2) is 16.7. The molecule has 5 N–H and O–H groups in total. The smallest absolute Gasteiger partial charge is 0.419 e. The fourth-order valence-corrected chi connectivity index (χ4v) is 7.42. The minimum atomic E-state index is -4.67. The second-order valence-corrected chi connectivity index (χ2v) is 13.9. The van der Waals surface area contributed by atoms with Crippen LogP contribution in [0.1, 0.15) is 66.5 Å². The van der Waals surface area contributed by atoms with Crippen molar-refractivity contribution in [1.82, 2.24) is 25.9 Å². The molecule has 0 saturated carbocycles. The summed E-state index contributed by atoms with van der Waals surface area (Å²) < 4.78 is 54.5. The van der Waals surface area contributed by atoms with Gasteiger partial charge in [-0.25, -0.2) is 0 Å². The fourth-order valence-electron chi connectivity index (χ4n) is 7.10. The van der Waals surface area contributed by atoms with Crippen LogP contribution in [-0.4, -0.2) is 60.4 Å². The van der Waals surface area contributed by atoms with Gasteiger partial charge in [-0.3, -0.25) is 9.78 Å². The van der Waals surface area contributed by atoms with Crippen molar-refractivity contribution in [2.24, 2.45) is 0 Å². The summed E-state index contributed by atoms with van der Waals surface area (Å²) in [5.74, 6) is 0.516. The Bertz CT molecular complexity index is 1940. The molecule has 1 fully saturated rings. The number of methoxy groups -OCH3 is 2. The molecule has 3 atom stereocenters. The maximum absolute atomic E-state index is 14.4. The number of pyridine rings is 2. The third-order valence-corrected chi connectivity index (χ3v) is 10.0. The van der Waals surface area contributed by atoms with Gasteiger partial charge in [0.1, 0.15) is 11.6 Å². The summed E-state index contributed by atoms with van der Waals surface area (Å²) in [4.78, 5) is 20.5. The van der Waals surface area contributed by atoms with Gasteiger partial charge in [0.15, 0.2) is 0 Å². The van der Waals surface area contributed by atoms with Crippen molar-refractivity contribution in [1.29, 1.82) is 0 Å². The summed E-state index contributed by atoms with van der Waals surface area (Å²) in [5, 5.41) is 22.4. The number of aliphatic hydroxyl groups excluding tert-OH is 1. The van der Waals surface area contributed by atoms with Gasteiger partial charge in [0.05, 0.1) is 42.6 Å². The molecule has 1 unspecified atom stereocenters. The topological polar surface area (TPSA) is 130 Å². The molecule has 1 amide bonds. The Kier molecular flexibility index (Phi) is 12.1. The molecule has 0 spiro atoms. The molecule has 282 valence electrons. The number of amides is 1. The largest absolute Gasteiger partial charge is 0.496 e. The summed E-state index contributed by atoms with van der Waals surface area (Å²) in [6.07, 6.45) is -0.218. The predicted octanol–water partition coefficient (Wildman–Crippen LogP) is 6.83. The number of rotatable bonds is 14. The van der Waals surface area contributed by atoms with E-state index in [-0.39, 0.29) is 42.3 Å². The molecule has 2 aliphatic rings. The highest BCUT2D eigenvalue weighted by Crippen LogP contribution is 2.44. The van der Waals surface area contributed by atoms with Crippen LogP contribution in [0.3, 0.4) is 0 Å². The highest BCUT2D eigenvalue weighted by atomic mass is 35.5. The molecule has 3 heterocycles. The molecule has 10 nitrogen and oxygen atoms in total. The molecule has 53 heavy (non-hydrogen) atoms. The third kappa shape index (κ3) is 8.86. The molecule has 4 aromatic rings. The van der Waals surface area contributed by atoms with Crippen molar-refractivity contribution >= 4 is 23.3 Å². The average molecular weight is 753 g/mol. The molecular formula is C39H44ClF3N6O4. The van der Waals surface area contributed by atoms with Gasteiger partial charge in [-0.15, -0.1) is 0 Å². The van der Waals surface area contributed by atoms with Crippen LogP contribution < -0.4 is 30.7 Å². The predicted molar refractivity (Wildman–Crippen MR) is 198 cm³/mol. The Morgan fingerprint density at radius 3 is 2.55 bits per heavy atom. The Morgan fingerprint density at radius 1 is 1.02 bits per heavy atom. The number of carbonyl (C=O) groups excluding carboxylic acids is 1. The number of benzene rings is 2. The first kappa shape index (κ1) is 38.3. The van der Waals surface area contributed by atoms with Gasteiger partial charge in [0, 0.05) is 67.1 Å². The summed E-state index contributed by atoms with van der Waals surface area (Å²) >= 11 is 7.13. The van der Waals surface area contributed by atoms with Crippen LogP contribution >= 0.6 is 11.6 Å². The maximum Gasteiger partial charge on any atom is 0.419 e. The Morgan fingerprint density at radius 2 is 1.83 bits per heavy atom. The lowest BCUT2D eigenvalue weighted by atomic mass is 9.83. The molecule has 0 bridgehead atoms. The van der Waals surface area contributed by atoms with Crippen molar-refractivity contribution in [3.63, 3.8) is 0 Å². The van der Waals surface area contributed by atoms with Gasteiger partial charge < -0.3 is 35.8 Å². The number of aliphatic hydroxyl groups is 1. The quantitative estimate of drug-likeness (QED) is 0.0942. The fraction of sp³-hybridized carbons (Fsp3) is 0.410. The number of fused-ring (bicyclic) bond motifs is 1. The van der Waals surface area contributed by atoms with Crippen LogP contribution in [-0.2, 0) is 30.5 Å². The minimum Gasteiger partial charge on any atom is -0.496 e. The zero-order valence-corrected chi connectivity index (χ0v) is 30.6. The number of anilines is 1. The summed E-state index contributed by atoms with van der Waals surface area (Å²) in [6, 6.07) is 14.2. The number of hydrogen-bond donors (Lipinski definition) is 5. The second-order valence-electron chi connectivity index (χ2n) is 13.5. The molecule has 0 radical (unpaired) electrons. The summed E-state index contributed by atoms with van der Waals surface area (Å²) in [6.45, 7) is 3.06. The van der Waals surface area contributed by atoms with E-state index < -0.39 is 23.9 Å². The van der Waals surface area contributed by atoms with E-state index in [9.17, 15) is 23.1 Å². The van der Waals surface area contributed by atoms with Crippen molar-refractivity contribution in [2.75, 3.05) is 32.6 Å². The molecule has 2 aromatic carbocycles. The molecule has 1 saturated heterocycles. The van der Waals surface area contributed by atoms with Crippen molar-refractivity contribution in [2.45, 2.75) is 76.5 Å². The first-order valence-electron chi connectivity index (χ1n) is 17.7. The number of nitrogens with one attached hydrogen (secondary N) is 4. The molecule has 6 rings (SSSR count). The van der Waals surface area contributed by atoms with Crippen LogP contribution in [0.25, 0.3) is 22.4 Å². The van der Waals surface area contributed by atoms with E-state index >= 15 is 0 Å². The van der Waals surface area contributed by atoms with Gasteiger partial charge >= 0.3 is 6.18 Å². The zero-order valence-electron chi connectivity index (χ0n) is 29.9. The first-order chi connectivity index (χ1) is 25.5. The van der Waals surface area contributed by atoms with Gasteiger partial charge in [-0.05, 0) is 67.5 Å². The molecule has 1 aliphatic carbocycles. The molecule has 2 aromatic heterocycles. The Balaban J connectivity index is 1.27. The van der Waals surface area contributed by atoms with Gasteiger partial charge in [-0.1, -0.05) is 41.9 Å². The molecular weight excluding hydrogens is 709 g/mol. The monoisotopic (exact) mass is 752 g/mol. The van der Waals surface area contributed by atoms with E-state index in [4.69, 9.17) is 21.1 Å². The number of ether oxygens (including phenoxy) is 2. The van der Waals surface area contributed by atoms with Gasteiger partial charge in [0.2, 0.25) is 11.8 Å². The van der Waals surface area contributed by atoms with Crippen LogP contribution in [0, 0.1) is 0 Å². The highest BCUT2D eigenvalue weighted by Gasteiger charge is 2.37. The van der Waals surface area contributed by atoms with E-state index in [0.29, 0.717) is 48.8 Å². The van der Waals surface area contributed by atoms with E-state index in [0.717, 1.165) is 52.3 Å². The van der Waals surface area contributed by atoms with Gasteiger partial charge in [-0.2, -0.15) is 18.2 Å². The number of hydrogen-bond acceptors (Lipinski definition) is 9. The Labute approximate surface area is 311 Å². The van der Waals surface area contributed by atoms with Crippen molar-refractivity contribution in [3.05, 3.63) is 87.6 Å².